The first-order valence-electron chi connectivity index (χ1n) is 12.7. The summed E-state index contributed by atoms with van der Waals surface area (Å²) in [6.45, 7) is 2.47. The van der Waals surface area contributed by atoms with Crippen LogP contribution >= 0.6 is 11.8 Å². The van der Waals surface area contributed by atoms with Gasteiger partial charge in [0.1, 0.15) is 24.7 Å². The van der Waals surface area contributed by atoms with Gasteiger partial charge >= 0.3 is 12.1 Å². The second kappa shape index (κ2) is 15.0. The average molecular weight is 572 g/mol. The Kier molecular flexibility index (Phi) is 11.5. The molecule has 1 fully saturated rings. The number of hydrogen-bond acceptors (Lipinski definition) is 9. The molecule has 3 unspecified atom stereocenters. The molecule has 11 nitrogen and oxygen atoms in total. The second-order valence-electron chi connectivity index (χ2n) is 9.33. The molecule has 1 aliphatic heterocycles. The Hall–Kier alpha value is -3.90. The molecule has 2 aromatic rings. The number of Topliss-reactive ketones (excluding diaryl/α,β-unsaturated/α-hetero) is 1. The van der Waals surface area contributed by atoms with Gasteiger partial charge in [0.25, 0.3) is 5.78 Å². The van der Waals surface area contributed by atoms with Crippen molar-refractivity contribution in [1.29, 1.82) is 0 Å². The first-order chi connectivity index (χ1) is 19.2. The molecule has 3 rings (SSSR count). The first kappa shape index (κ1) is 30.6. The van der Waals surface area contributed by atoms with Crippen molar-refractivity contribution >= 4 is 41.4 Å². The number of carbonyl (C=O) groups is 5. The van der Waals surface area contributed by atoms with Crippen LogP contribution in [0.4, 0.5) is 4.79 Å². The monoisotopic (exact) mass is 571 g/mol. The van der Waals surface area contributed by atoms with Crippen LogP contribution in [-0.4, -0.2) is 82.1 Å². The highest BCUT2D eigenvalue weighted by Gasteiger charge is 2.40. The Morgan fingerprint density at radius 1 is 0.950 bits per heavy atom. The van der Waals surface area contributed by atoms with Crippen molar-refractivity contribution in [3.05, 3.63) is 71.8 Å². The maximum atomic E-state index is 13.3. The highest BCUT2D eigenvalue weighted by molar-refractivity contribution is 7.99. The molecule has 1 saturated heterocycles. The molecule has 12 heteroatoms. The summed E-state index contributed by atoms with van der Waals surface area (Å²) in [7, 11) is 0. The maximum absolute atomic E-state index is 13.3. The lowest BCUT2D eigenvalue weighted by Gasteiger charge is -2.28. The summed E-state index contributed by atoms with van der Waals surface area (Å²) in [6, 6.07) is 14.2. The lowest BCUT2D eigenvalue weighted by Crippen LogP contribution is -2.57. The molecule has 0 saturated carbocycles. The largest absolute Gasteiger partial charge is 0.457 e. The van der Waals surface area contributed by atoms with Crippen molar-refractivity contribution < 1.29 is 38.6 Å². The van der Waals surface area contributed by atoms with E-state index in [-0.39, 0.29) is 24.7 Å². The summed E-state index contributed by atoms with van der Waals surface area (Å²) in [6.07, 6.45) is -1.38. The maximum Gasteiger partial charge on any atom is 0.408 e. The summed E-state index contributed by atoms with van der Waals surface area (Å²) in [5.74, 6) is -2.96. The van der Waals surface area contributed by atoms with Gasteiger partial charge in [-0.15, -0.1) is 11.8 Å². The zero-order valence-electron chi connectivity index (χ0n) is 22.3. The smallest absolute Gasteiger partial charge is 0.408 e. The average Bonchev–Trinajstić information content (AvgIpc) is 3.45. The van der Waals surface area contributed by atoms with E-state index in [4.69, 9.17) is 9.47 Å². The third kappa shape index (κ3) is 8.82. The van der Waals surface area contributed by atoms with Crippen LogP contribution < -0.4 is 10.6 Å². The number of hydrogen-bond donors (Lipinski definition) is 3. The molecular formula is C28H33N3O8S. The summed E-state index contributed by atoms with van der Waals surface area (Å²) < 4.78 is 10.2. The summed E-state index contributed by atoms with van der Waals surface area (Å²) in [4.78, 5) is 65.3. The SMILES string of the molecule is CC(C)OC(=O)C(=O)C(Cc1ccccc1)NC(=O)C1CSCN1C(=O)C(CO)NC(=O)OCc1ccccc1. The van der Waals surface area contributed by atoms with Crippen LogP contribution in [0, 0.1) is 0 Å². The van der Waals surface area contributed by atoms with Crippen LogP contribution in [0.5, 0.6) is 0 Å². The fourth-order valence-corrected chi connectivity index (χ4v) is 5.08. The number of rotatable bonds is 12. The number of amides is 3. The van der Waals surface area contributed by atoms with Crippen LogP contribution in [0.3, 0.4) is 0 Å². The lowest BCUT2D eigenvalue weighted by atomic mass is 10.0. The minimum Gasteiger partial charge on any atom is -0.457 e. The Balaban J connectivity index is 1.66. The van der Waals surface area contributed by atoms with Gasteiger partial charge in [-0.25, -0.2) is 9.59 Å². The standard InChI is InChI=1S/C28H33N3O8S/c1-18(2)39-27(36)24(33)21(13-19-9-5-3-6-10-19)29-25(34)23-16-40-17-31(23)26(35)22(14-32)30-28(37)38-15-20-11-7-4-8-12-20/h3-12,18,21-23,32H,13-17H2,1-2H3,(H,29,34)(H,30,37). The van der Waals surface area contributed by atoms with E-state index in [1.807, 2.05) is 6.07 Å². The Bertz CT molecular complexity index is 1180. The normalized spacial score (nSPS) is 16.1. The molecule has 2 aromatic carbocycles. The van der Waals surface area contributed by atoms with E-state index in [2.05, 4.69) is 10.6 Å². The number of alkyl carbamates (subject to hydrolysis) is 1. The van der Waals surface area contributed by atoms with Crippen LogP contribution in [0.2, 0.25) is 0 Å². The van der Waals surface area contributed by atoms with E-state index in [1.54, 1.807) is 68.4 Å². The van der Waals surface area contributed by atoms with Gasteiger partial charge in [-0.2, -0.15) is 0 Å². The van der Waals surface area contributed by atoms with Gasteiger partial charge in [0.05, 0.1) is 18.6 Å². The number of ether oxygens (including phenoxy) is 2. The minimum atomic E-state index is -1.35. The third-order valence-corrected chi connectivity index (χ3v) is 6.93. The van der Waals surface area contributed by atoms with Gasteiger partial charge in [-0.1, -0.05) is 60.7 Å². The molecule has 214 valence electrons. The third-order valence-electron chi connectivity index (χ3n) is 5.91. The molecule has 40 heavy (non-hydrogen) atoms. The van der Waals surface area contributed by atoms with Gasteiger partial charge in [0.15, 0.2) is 0 Å². The number of aliphatic hydroxyl groups is 1. The van der Waals surface area contributed by atoms with E-state index in [9.17, 15) is 29.1 Å². The van der Waals surface area contributed by atoms with Crippen molar-refractivity contribution in [3.8, 4) is 0 Å². The van der Waals surface area contributed by atoms with Crippen LogP contribution in [0.1, 0.15) is 25.0 Å². The van der Waals surface area contributed by atoms with Crippen LogP contribution in [0.15, 0.2) is 60.7 Å². The van der Waals surface area contributed by atoms with E-state index in [1.165, 1.54) is 16.7 Å². The predicted molar refractivity (Wildman–Crippen MR) is 147 cm³/mol. The molecule has 0 aliphatic carbocycles. The van der Waals surface area contributed by atoms with Gasteiger partial charge in [0.2, 0.25) is 11.8 Å². The molecule has 3 N–H and O–H groups in total. The zero-order chi connectivity index (χ0) is 29.1. The van der Waals surface area contributed by atoms with Crippen molar-refractivity contribution in [1.82, 2.24) is 15.5 Å². The van der Waals surface area contributed by atoms with Crippen LogP contribution in [-0.2, 0) is 41.7 Å². The van der Waals surface area contributed by atoms with Gasteiger partial charge < -0.3 is 30.1 Å². The second-order valence-corrected chi connectivity index (χ2v) is 10.3. The number of carbonyl (C=O) groups excluding carboxylic acids is 5. The molecule has 0 aromatic heterocycles. The molecule has 1 heterocycles. The zero-order valence-corrected chi connectivity index (χ0v) is 23.1. The van der Waals surface area contributed by atoms with Gasteiger partial charge in [-0.05, 0) is 25.0 Å². The fraction of sp³-hybridized carbons (Fsp3) is 0.393. The van der Waals surface area contributed by atoms with Crippen molar-refractivity contribution in [2.45, 2.75) is 51.1 Å². The Morgan fingerprint density at radius 3 is 2.17 bits per heavy atom. The number of nitrogens with one attached hydrogen (secondary N) is 2. The van der Waals surface area contributed by atoms with E-state index in [0.29, 0.717) is 5.56 Å². The molecule has 3 atom stereocenters. The first-order valence-corrected chi connectivity index (χ1v) is 13.9. The van der Waals surface area contributed by atoms with E-state index < -0.39 is 60.5 Å². The van der Waals surface area contributed by atoms with Crippen molar-refractivity contribution in [2.75, 3.05) is 18.2 Å². The number of ketones is 1. The molecular weight excluding hydrogens is 538 g/mol. The fourth-order valence-electron chi connectivity index (χ4n) is 3.91. The quantitative estimate of drug-likeness (QED) is 0.254. The Labute approximate surface area is 236 Å². The molecule has 0 bridgehead atoms. The van der Waals surface area contributed by atoms with Gasteiger partial charge in [0, 0.05) is 12.2 Å². The molecule has 0 spiro atoms. The number of aliphatic hydroxyl groups excluding tert-OH is 1. The predicted octanol–water partition coefficient (Wildman–Crippen LogP) is 1.42. The van der Waals surface area contributed by atoms with Crippen LogP contribution in [0.25, 0.3) is 0 Å². The number of nitrogens with zero attached hydrogens (tertiary/aromatic N) is 1. The summed E-state index contributed by atoms with van der Waals surface area (Å²) in [5.41, 5.74) is 1.46. The van der Waals surface area contributed by atoms with E-state index >= 15 is 0 Å². The van der Waals surface area contributed by atoms with Crippen molar-refractivity contribution in [3.63, 3.8) is 0 Å². The lowest BCUT2D eigenvalue weighted by molar-refractivity contribution is -0.158. The molecule has 3 amide bonds. The summed E-state index contributed by atoms with van der Waals surface area (Å²) >= 11 is 1.30. The number of esters is 1. The van der Waals surface area contributed by atoms with Gasteiger partial charge in [-0.3, -0.25) is 14.4 Å². The Morgan fingerprint density at radius 2 is 1.57 bits per heavy atom. The highest BCUT2D eigenvalue weighted by atomic mass is 32.2. The molecule has 1 aliphatic rings. The number of benzene rings is 2. The summed E-state index contributed by atoms with van der Waals surface area (Å²) in [5, 5.41) is 14.8. The van der Waals surface area contributed by atoms with E-state index in [0.717, 1.165) is 5.56 Å². The molecule has 0 radical (unpaired) electrons. The number of thioether (sulfide) groups is 1. The topological polar surface area (TPSA) is 151 Å². The minimum absolute atomic E-state index is 0.0281. The van der Waals surface area contributed by atoms with Crippen molar-refractivity contribution in [2.24, 2.45) is 0 Å². The highest BCUT2D eigenvalue weighted by Crippen LogP contribution is 2.22.